The van der Waals surface area contributed by atoms with Gasteiger partial charge in [0.25, 0.3) is 11.2 Å². The van der Waals surface area contributed by atoms with Gasteiger partial charge in [0.2, 0.25) is 0 Å². The number of benzene rings is 3. The van der Waals surface area contributed by atoms with Gasteiger partial charge in [0, 0.05) is 22.5 Å². The average Bonchev–Trinajstić information content (AvgIpc) is 2.87. The first-order valence-corrected chi connectivity index (χ1v) is 11.9. The van der Waals surface area contributed by atoms with Crippen molar-refractivity contribution >= 4 is 38.7 Å². The van der Waals surface area contributed by atoms with E-state index >= 15 is 0 Å². The summed E-state index contributed by atoms with van der Waals surface area (Å²) in [6.45, 7) is 4.04. The molecular formula is C26H23BrN4O5. The summed E-state index contributed by atoms with van der Waals surface area (Å²) in [5, 5.41) is 15.9. The number of halogens is 1. The van der Waals surface area contributed by atoms with Crippen molar-refractivity contribution in [3.05, 3.63) is 103 Å². The van der Waals surface area contributed by atoms with Crippen molar-refractivity contribution in [2.75, 3.05) is 7.11 Å². The third kappa shape index (κ3) is 5.44. The molecule has 10 heteroatoms. The number of non-ortho nitro benzene ring substituents is 1. The van der Waals surface area contributed by atoms with Crippen LogP contribution in [0.4, 0.5) is 5.69 Å². The summed E-state index contributed by atoms with van der Waals surface area (Å²) in [5.74, 6) is 1.46. The summed E-state index contributed by atoms with van der Waals surface area (Å²) in [7, 11) is 1.52. The lowest BCUT2D eigenvalue weighted by Crippen LogP contribution is -2.23. The number of nitrogens with zero attached hydrogens (tertiary/aromatic N) is 4. The second-order valence-electron chi connectivity index (χ2n) is 8.27. The van der Waals surface area contributed by atoms with Crippen LogP contribution in [0.2, 0.25) is 0 Å². The maximum absolute atomic E-state index is 13.2. The number of fused-ring (bicyclic) bond motifs is 1. The molecule has 0 saturated heterocycles. The van der Waals surface area contributed by atoms with Crippen LogP contribution in [0.25, 0.3) is 10.9 Å². The van der Waals surface area contributed by atoms with Gasteiger partial charge >= 0.3 is 0 Å². The van der Waals surface area contributed by atoms with Gasteiger partial charge < -0.3 is 9.47 Å². The van der Waals surface area contributed by atoms with E-state index in [4.69, 9.17) is 9.47 Å². The minimum Gasteiger partial charge on any atom is -0.493 e. The van der Waals surface area contributed by atoms with E-state index in [0.717, 1.165) is 4.47 Å². The van der Waals surface area contributed by atoms with Crippen LogP contribution in [0.3, 0.4) is 0 Å². The Bertz CT molecular complexity index is 1530. The molecule has 0 amide bonds. The smallest absolute Gasteiger partial charge is 0.282 e. The Morgan fingerprint density at radius 2 is 1.94 bits per heavy atom. The third-order valence-corrected chi connectivity index (χ3v) is 5.87. The summed E-state index contributed by atoms with van der Waals surface area (Å²) >= 11 is 3.40. The van der Waals surface area contributed by atoms with Crippen molar-refractivity contribution in [2.45, 2.75) is 26.4 Å². The van der Waals surface area contributed by atoms with Gasteiger partial charge in [0.05, 0.1) is 29.2 Å². The maximum atomic E-state index is 13.2. The number of nitro benzene ring substituents is 1. The lowest BCUT2D eigenvalue weighted by atomic mass is 10.2. The molecule has 0 bridgehead atoms. The summed E-state index contributed by atoms with van der Waals surface area (Å²) in [6, 6.07) is 16.9. The van der Waals surface area contributed by atoms with Crippen LogP contribution in [-0.4, -0.2) is 27.9 Å². The van der Waals surface area contributed by atoms with Gasteiger partial charge in [0.1, 0.15) is 12.4 Å². The number of rotatable bonds is 8. The van der Waals surface area contributed by atoms with Crippen molar-refractivity contribution in [2.24, 2.45) is 5.10 Å². The van der Waals surface area contributed by atoms with Gasteiger partial charge in [-0.1, -0.05) is 41.9 Å². The van der Waals surface area contributed by atoms with Crippen LogP contribution in [0.5, 0.6) is 11.5 Å². The summed E-state index contributed by atoms with van der Waals surface area (Å²) in [6.07, 6.45) is 1.56. The zero-order chi connectivity index (χ0) is 25.8. The molecule has 0 radical (unpaired) electrons. The molecule has 0 saturated carbocycles. The molecule has 0 aliphatic heterocycles. The molecule has 184 valence electrons. The van der Waals surface area contributed by atoms with E-state index in [1.54, 1.807) is 48.7 Å². The first-order chi connectivity index (χ1) is 17.3. The second-order valence-corrected chi connectivity index (χ2v) is 9.19. The minimum absolute atomic E-state index is 0.00109. The van der Waals surface area contributed by atoms with Crippen LogP contribution >= 0.6 is 15.9 Å². The maximum Gasteiger partial charge on any atom is 0.282 e. The topological polar surface area (TPSA) is 109 Å². The average molecular weight is 551 g/mol. The zero-order valence-corrected chi connectivity index (χ0v) is 21.4. The molecule has 0 unspecified atom stereocenters. The van der Waals surface area contributed by atoms with E-state index in [0.29, 0.717) is 39.4 Å². The number of ether oxygens (including phenoxy) is 2. The molecule has 0 aliphatic rings. The molecule has 4 aromatic rings. The van der Waals surface area contributed by atoms with Crippen LogP contribution in [0.1, 0.15) is 36.7 Å². The van der Waals surface area contributed by atoms with Crippen LogP contribution in [-0.2, 0) is 6.61 Å². The number of aromatic nitrogens is 2. The molecule has 9 nitrogen and oxygen atoms in total. The number of nitro groups is 1. The first kappa shape index (κ1) is 25.1. The highest BCUT2D eigenvalue weighted by atomic mass is 79.9. The zero-order valence-electron chi connectivity index (χ0n) is 19.8. The Hall–Kier alpha value is -4.05. The lowest BCUT2D eigenvalue weighted by Gasteiger charge is -2.13. The standard InChI is InChI=1S/C26H23BrN4O5/c1-16(2)25-29-22-9-8-19(27)13-21(22)26(32)30(25)28-14-17-7-10-23(24(12-17)35-3)36-15-18-5-4-6-20(11-18)31(33)34/h4-14,16H,15H2,1-3H3. The fourth-order valence-electron chi connectivity index (χ4n) is 3.58. The molecule has 1 aromatic heterocycles. The van der Waals surface area contributed by atoms with E-state index < -0.39 is 4.92 Å². The second kappa shape index (κ2) is 10.7. The Kier molecular flexibility index (Phi) is 7.44. The largest absolute Gasteiger partial charge is 0.493 e. The van der Waals surface area contributed by atoms with Crippen LogP contribution in [0.15, 0.2) is 75.0 Å². The Labute approximate surface area is 215 Å². The van der Waals surface area contributed by atoms with E-state index in [-0.39, 0.29) is 23.8 Å². The summed E-state index contributed by atoms with van der Waals surface area (Å²) < 4.78 is 13.4. The van der Waals surface area contributed by atoms with Crippen molar-refractivity contribution in [3.8, 4) is 11.5 Å². The van der Waals surface area contributed by atoms with Crippen LogP contribution < -0.4 is 15.0 Å². The van der Waals surface area contributed by atoms with Crippen LogP contribution in [0, 0.1) is 10.1 Å². The highest BCUT2D eigenvalue weighted by molar-refractivity contribution is 9.10. The summed E-state index contributed by atoms with van der Waals surface area (Å²) in [4.78, 5) is 28.4. The third-order valence-electron chi connectivity index (χ3n) is 5.38. The van der Waals surface area contributed by atoms with Crippen molar-refractivity contribution in [3.63, 3.8) is 0 Å². The number of methoxy groups -OCH3 is 1. The molecule has 0 spiro atoms. The first-order valence-electron chi connectivity index (χ1n) is 11.1. The molecule has 0 atom stereocenters. The van der Waals surface area contributed by atoms with E-state index in [9.17, 15) is 14.9 Å². The highest BCUT2D eigenvalue weighted by Gasteiger charge is 2.14. The molecule has 1 heterocycles. The fourth-order valence-corrected chi connectivity index (χ4v) is 3.94. The summed E-state index contributed by atoms with van der Waals surface area (Å²) in [5.41, 5.74) is 1.70. The fraction of sp³-hybridized carbons (Fsp3) is 0.192. The molecule has 36 heavy (non-hydrogen) atoms. The van der Waals surface area contributed by atoms with E-state index in [1.165, 1.54) is 23.9 Å². The van der Waals surface area contributed by atoms with Crippen molar-refractivity contribution in [1.29, 1.82) is 0 Å². The van der Waals surface area contributed by atoms with Crippen molar-refractivity contribution in [1.82, 2.24) is 9.66 Å². The SMILES string of the molecule is COc1cc(C=Nn2c(C(C)C)nc3ccc(Br)cc3c2=O)ccc1OCc1cccc([N+](=O)[O-])c1. The quantitative estimate of drug-likeness (QED) is 0.159. The van der Waals surface area contributed by atoms with Crippen molar-refractivity contribution < 1.29 is 14.4 Å². The predicted octanol–water partition coefficient (Wildman–Crippen LogP) is 5.66. The normalized spacial score (nSPS) is 11.4. The van der Waals surface area contributed by atoms with E-state index in [1.807, 2.05) is 19.9 Å². The monoisotopic (exact) mass is 550 g/mol. The Morgan fingerprint density at radius 3 is 2.67 bits per heavy atom. The van der Waals surface area contributed by atoms with Gasteiger partial charge in [-0.15, -0.1) is 0 Å². The molecule has 0 N–H and O–H groups in total. The van der Waals surface area contributed by atoms with E-state index in [2.05, 4.69) is 26.0 Å². The van der Waals surface area contributed by atoms with Gasteiger partial charge in [-0.25, -0.2) is 4.98 Å². The molecule has 0 aliphatic carbocycles. The minimum atomic E-state index is -0.446. The van der Waals surface area contributed by atoms with Gasteiger partial charge in [-0.3, -0.25) is 14.9 Å². The predicted molar refractivity (Wildman–Crippen MR) is 141 cm³/mol. The molecule has 3 aromatic carbocycles. The molecule has 0 fully saturated rings. The Morgan fingerprint density at radius 1 is 1.14 bits per heavy atom. The lowest BCUT2D eigenvalue weighted by molar-refractivity contribution is -0.384. The highest BCUT2D eigenvalue weighted by Crippen LogP contribution is 2.29. The molecular weight excluding hydrogens is 528 g/mol. The number of hydrogen-bond donors (Lipinski definition) is 0. The number of hydrogen-bond acceptors (Lipinski definition) is 7. The Balaban J connectivity index is 1.61. The van der Waals surface area contributed by atoms with Gasteiger partial charge in [-0.05, 0) is 47.5 Å². The van der Waals surface area contributed by atoms with Gasteiger partial charge in [0.15, 0.2) is 11.5 Å². The van der Waals surface area contributed by atoms with Gasteiger partial charge in [-0.2, -0.15) is 9.78 Å². The molecule has 4 rings (SSSR count).